The van der Waals surface area contributed by atoms with E-state index in [0.717, 1.165) is 19.6 Å². The minimum Gasteiger partial charge on any atom is -0.479 e. The third-order valence-electron chi connectivity index (χ3n) is 3.88. The van der Waals surface area contributed by atoms with Crippen molar-refractivity contribution in [1.29, 1.82) is 0 Å². The molecule has 0 spiro atoms. The van der Waals surface area contributed by atoms with Crippen LogP contribution < -0.4 is 0 Å². The van der Waals surface area contributed by atoms with E-state index >= 15 is 0 Å². The molecule has 0 saturated carbocycles. The number of hydrogen-bond donors (Lipinski definition) is 1. The maximum Gasteiger partial charge on any atom is 0.332 e. The number of nitrogens with zero attached hydrogens (tertiary/aromatic N) is 2. The van der Waals surface area contributed by atoms with Crippen LogP contribution >= 0.6 is 0 Å². The lowest BCUT2D eigenvalue weighted by atomic mass is 10.1. The van der Waals surface area contributed by atoms with Crippen LogP contribution in [-0.4, -0.2) is 71.7 Å². The average Bonchev–Trinajstić information content (AvgIpc) is 2.88. The van der Waals surface area contributed by atoms with Gasteiger partial charge in [0.15, 0.2) is 6.10 Å². The van der Waals surface area contributed by atoms with Crippen molar-refractivity contribution in [3.05, 3.63) is 0 Å². The summed E-state index contributed by atoms with van der Waals surface area (Å²) < 4.78 is 5.32. The smallest absolute Gasteiger partial charge is 0.332 e. The zero-order chi connectivity index (χ0) is 14.7. The van der Waals surface area contributed by atoms with Crippen LogP contribution in [0.15, 0.2) is 0 Å². The fourth-order valence-electron chi connectivity index (χ4n) is 2.87. The molecule has 2 aliphatic rings. The highest BCUT2D eigenvalue weighted by atomic mass is 16.5. The number of hydrogen-bond acceptors (Lipinski definition) is 4. The lowest BCUT2D eigenvalue weighted by molar-refractivity contribution is -0.155. The molecule has 2 fully saturated rings. The molecule has 1 amide bonds. The van der Waals surface area contributed by atoms with Gasteiger partial charge >= 0.3 is 5.97 Å². The lowest BCUT2D eigenvalue weighted by Crippen LogP contribution is -2.52. The summed E-state index contributed by atoms with van der Waals surface area (Å²) in [5.74, 6) is -0.383. The highest BCUT2D eigenvalue weighted by Crippen LogP contribution is 2.22. The number of carbonyl (C=O) groups excluding carboxylic acids is 1. The number of carbonyl (C=O) groups is 2. The summed E-state index contributed by atoms with van der Waals surface area (Å²) in [7, 11) is 0. The summed E-state index contributed by atoms with van der Waals surface area (Å²) in [6.45, 7) is 8.64. The normalized spacial score (nSPS) is 28.1. The second-order valence-corrected chi connectivity index (χ2v) is 6.05. The first-order valence-corrected chi connectivity index (χ1v) is 7.36. The standard InChI is InChI=1S/C14H24N2O4/c1-10(2)9-15-5-7-16(8-6-15)13(17)11-3-4-12(20-11)14(18)19/h10-12H,3-9H2,1-2H3,(H,18,19)/t11-,12+/m0/s1. The van der Waals surface area contributed by atoms with Crippen LogP contribution in [0.2, 0.25) is 0 Å². The fourth-order valence-corrected chi connectivity index (χ4v) is 2.87. The molecule has 20 heavy (non-hydrogen) atoms. The largest absolute Gasteiger partial charge is 0.479 e. The highest BCUT2D eigenvalue weighted by molar-refractivity contribution is 5.82. The molecule has 2 rings (SSSR count). The number of aliphatic carboxylic acids is 1. The molecule has 0 aliphatic carbocycles. The molecule has 0 bridgehead atoms. The van der Waals surface area contributed by atoms with Crippen molar-refractivity contribution in [3.63, 3.8) is 0 Å². The lowest BCUT2D eigenvalue weighted by Gasteiger charge is -2.36. The summed E-state index contributed by atoms with van der Waals surface area (Å²) in [6.07, 6.45) is -0.430. The molecule has 2 aliphatic heterocycles. The number of piperazine rings is 1. The van der Waals surface area contributed by atoms with E-state index in [0.29, 0.717) is 31.8 Å². The topological polar surface area (TPSA) is 70.1 Å². The first-order valence-electron chi connectivity index (χ1n) is 7.36. The highest BCUT2D eigenvalue weighted by Gasteiger charge is 2.37. The van der Waals surface area contributed by atoms with Crippen molar-refractivity contribution < 1.29 is 19.4 Å². The van der Waals surface area contributed by atoms with Crippen molar-refractivity contribution in [2.24, 2.45) is 5.92 Å². The van der Waals surface area contributed by atoms with E-state index in [2.05, 4.69) is 18.7 Å². The van der Waals surface area contributed by atoms with Gasteiger partial charge in [-0.2, -0.15) is 0 Å². The van der Waals surface area contributed by atoms with Crippen LogP contribution in [0.25, 0.3) is 0 Å². The monoisotopic (exact) mass is 284 g/mol. The Morgan fingerprint density at radius 2 is 1.75 bits per heavy atom. The first-order chi connectivity index (χ1) is 9.47. The average molecular weight is 284 g/mol. The molecular formula is C14H24N2O4. The molecule has 6 heteroatoms. The van der Waals surface area contributed by atoms with E-state index < -0.39 is 18.2 Å². The maximum absolute atomic E-state index is 12.3. The molecule has 0 unspecified atom stereocenters. The Balaban J connectivity index is 1.79. The zero-order valence-corrected chi connectivity index (χ0v) is 12.2. The van der Waals surface area contributed by atoms with Crippen molar-refractivity contribution >= 4 is 11.9 Å². The van der Waals surface area contributed by atoms with Gasteiger partial charge in [0, 0.05) is 32.7 Å². The third-order valence-corrected chi connectivity index (χ3v) is 3.88. The van der Waals surface area contributed by atoms with Gasteiger partial charge in [0.2, 0.25) is 0 Å². The van der Waals surface area contributed by atoms with E-state index in [4.69, 9.17) is 9.84 Å². The molecule has 2 saturated heterocycles. The van der Waals surface area contributed by atoms with Gasteiger partial charge in [-0.15, -0.1) is 0 Å². The minimum atomic E-state index is -0.970. The van der Waals surface area contributed by atoms with Gasteiger partial charge in [-0.25, -0.2) is 4.79 Å². The molecule has 2 atom stereocenters. The zero-order valence-electron chi connectivity index (χ0n) is 12.2. The Morgan fingerprint density at radius 3 is 2.25 bits per heavy atom. The van der Waals surface area contributed by atoms with E-state index in [-0.39, 0.29) is 5.91 Å². The van der Waals surface area contributed by atoms with Crippen molar-refractivity contribution in [2.75, 3.05) is 32.7 Å². The van der Waals surface area contributed by atoms with E-state index in [1.54, 1.807) is 0 Å². The van der Waals surface area contributed by atoms with Gasteiger partial charge in [0.05, 0.1) is 0 Å². The van der Waals surface area contributed by atoms with Crippen LogP contribution in [0.3, 0.4) is 0 Å². The Kier molecular flexibility index (Phi) is 4.99. The van der Waals surface area contributed by atoms with Gasteiger partial charge in [-0.3, -0.25) is 9.69 Å². The molecule has 0 radical (unpaired) electrons. The van der Waals surface area contributed by atoms with Crippen molar-refractivity contribution in [2.45, 2.75) is 38.9 Å². The predicted octanol–water partition coefficient (Wildman–Crippen LogP) is 0.419. The van der Waals surface area contributed by atoms with Crippen molar-refractivity contribution in [3.8, 4) is 0 Å². The molecule has 2 heterocycles. The van der Waals surface area contributed by atoms with E-state index in [1.165, 1.54) is 0 Å². The van der Waals surface area contributed by atoms with Crippen LogP contribution in [-0.2, 0) is 14.3 Å². The molecule has 0 aromatic carbocycles. The summed E-state index contributed by atoms with van der Waals surface area (Å²) in [5.41, 5.74) is 0. The maximum atomic E-state index is 12.3. The Bertz CT molecular complexity index is 364. The number of amides is 1. The van der Waals surface area contributed by atoms with Crippen LogP contribution in [0.4, 0.5) is 0 Å². The number of rotatable bonds is 4. The number of carboxylic acids is 1. The fraction of sp³-hybridized carbons (Fsp3) is 0.857. The number of carboxylic acid groups (broad SMARTS) is 1. The van der Waals surface area contributed by atoms with Gasteiger partial charge < -0.3 is 14.7 Å². The number of ether oxygens (including phenoxy) is 1. The molecule has 0 aromatic heterocycles. The quantitative estimate of drug-likeness (QED) is 0.810. The molecule has 6 nitrogen and oxygen atoms in total. The second-order valence-electron chi connectivity index (χ2n) is 6.05. The van der Waals surface area contributed by atoms with Gasteiger partial charge in [0.25, 0.3) is 5.91 Å². The summed E-state index contributed by atoms with van der Waals surface area (Å²) >= 11 is 0. The van der Waals surface area contributed by atoms with Crippen molar-refractivity contribution in [1.82, 2.24) is 9.80 Å². The molecule has 114 valence electrons. The van der Waals surface area contributed by atoms with Crippen LogP contribution in [0, 0.1) is 5.92 Å². The first kappa shape index (κ1) is 15.3. The van der Waals surface area contributed by atoms with Crippen LogP contribution in [0.5, 0.6) is 0 Å². The second kappa shape index (κ2) is 6.54. The Labute approximate surface area is 119 Å². The minimum absolute atomic E-state index is 0.0436. The SMILES string of the molecule is CC(C)CN1CCN(C(=O)[C@@H]2CC[C@H](C(=O)O)O2)CC1. The van der Waals surface area contributed by atoms with Gasteiger partial charge in [-0.05, 0) is 18.8 Å². The van der Waals surface area contributed by atoms with Gasteiger partial charge in [0.1, 0.15) is 6.10 Å². The van der Waals surface area contributed by atoms with Crippen LogP contribution in [0.1, 0.15) is 26.7 Å². The summed E-state index contributed by atoms with van der Waals surface area (Å²) in [5, 5.41) is 8.89. The van der Waals surface area contributed by atoms with E-state index in [9.17, 15) is 9.59 Å². The molecule has 0 aromatic rings. The third kappa shape index (κ3) is 3.70. The van der Waals surface area contributed by atoms with E-state index in [1.807, 2.05) is 4.90 Å². The molecular weight excluding hydrogens is 260 g/mol. The summed E-state index contributed by atoms with van der Waals surface area (Å²) in [6, 6.07) is 0. The predicted molar refractivity (Wildman–Crippen MR) is 73.4 cm³/mol. The Morgan fingerprint density at radius 1 is 1.15 bits per heavy atom. The Hall–Kier alpha value is -1.14. The molecule has 1 N–H and O–H groups in total. The van der Waals surface area contributed by atoms with Gasteiger partial charge in [-0.1, -0.05) is 13.8 Å². The summed E-state index contributed by atoms with van der Waals surface area (Å²) in [4.78, 5) is 27.3.